The number of benzene rings is 2. The summed E-state index contributed by atoms with van der Waals surface area (Å²) in [5.41, 5.74) is 6.98. The van der Waals surface area contributed by atoms with Crippen molar-refractivity contribution in [2.75, 3.05) is 0 Å². The van der Waals surface area contributed by atoms with Crippen LogP contribution in [0, 0.1) is 6.92 Å². The zero-order valence-corrected chi connectivity index (χ0v) is 15.6. The van der Waals surface area contributed by atoms with Gasteiger partial charge in [0.05, 0.1) is 17.0 Å². The second kappa shape index (κ2) is 8.80. The predicted octanol–water partition coefficient (Wildman–Crippen LogP) is 3.18. The lowest BCUT2D eigenvalue weighted by Gasteiger charge is -2.12. The first-order valence-corrected chi connectivity index (χ1v) is 8.43. The first-order valence-electron chi connectivity index (χ1n) is 7.26. The number of amides is 2. The maximum atomic E-state index is 12.0. The van der Waals surface area contributed by atoms with Gasteiger partial charge in [-0.05, 0) is 48.5 Å². The molecule has 5 nitrogen and oxygen atoms in total. The molecule has 0 radical (unpaired) electrons. The fourth-order valence-electron chi connectivity index (χ4n) is 2.04. The number of hydrogen-bond donors (Lipinski definition) is 3. The average molecular weight is 396 g/mol. The molecule has 2 aromatic rings. The summed E-state index contributed by atoms with van der Waals surface area (Å²) in [6, 6.07) is 12.1. The van der Waals surface area contributed by atoms with Crippen molar-refractivity contribution in [2.45, 2.75) is 13.3 Å². The summed E-state index contributed by atoms with van der Waals surface area (Å²) in [6.45, 7) is 1.93. The highest BCUT2D eigenvalue weighted by molar-refractivity contribution is 7.80. The number of rotatable bonds is 3. The minimum absolute atomic E-state index is 0.0166. The number of aryl methyl sites for hydroxylation is 1. The predicted molar refractivity (Wildman–Crippen MR) is 103 cm³/mol. The van der Waals surface area contributed by atoms with Gasteiger partial charge in [0.2, 0.25) is 5.91 Å². The Morgan fingerprint density at radius 2 is 1.80 bits per heavy atom. The highest BCUT2D eigenvalue weighted by Gasteiger charge is 2.12. The summed E-state index contributed by atoms with van der Waals surface area (Å²) in [4.78, 5) is 24.0. The minimum Gasteiger partial charge on any atom is -0.302 e. The molecule has 25 heavy (non-hydrogen) atoms. The molecule has 0 saturated carbocycles. The van der Waals surface area contributed by atoms with Gasteiger partial charge >= 0.3 is 0 Å². The van der Waals surface area contributed by atoms with Gasteiger partial charge in [-0.15, -0.1) is 0 Å². The fraction of sp³-hybridized carbons (Fsp3) is 0.118. The van der Waals surface area contributed by atoms with Crippen molar-refractivity contribution in [3.05, 3.63) is 69.2 Å². The van der Waals surface area contributed by atoms with E-state index < -0.39 is 5.91 Å². The number of hydrogen-bond acceptors (Lipinski definition) is 3. The highest BCUT2D eigenvalue weighted by atomic mass is 35.5. The Kier molecular flexibility index (Phi) is 6.75. The zero-order valence-electron chi connectivity index (χ0n) is 13.2. The molecule has 2 aromatic carbocycles. The lowest BCUT2D eigenvalue weighted by Crippen LogP contribution is -2.48. The van der Waals surface area contributed by atoms with Crippen LogP contribution in [0.5, 0.6) is 0 Å². The van der Waals surface area contributed by atoms with Crippen molar-refractivity contribution in [2.24, 2.45) is 0 Å². The molecule has 8 heteroatoms. The van der Waals surface area contributed by atoms with Crippen LogP contribution in [0.1, 0.15) is 21.5 Å². The van der Waals surface area contributed by atoms with E-state index in [1.54, 1.807) is 6.07 Å². The number of nitrogens with one attached hydrogen (secondary N) is 3. The van der Waals surface area contributed by atoms with Crippen LogP contribution >= 0.6 is 35.4 Å². The Balaban J connectivity index is 1.85. The largest absolute Gasteiger partial charge is 0.302 e. The summed E-state index contributed by atoms with van der Waals surface area (Å²) in [5.74, 6) is -0.789. The van der Waals surface area contributed by atoms with E-state index in [-0.39, 0.29) is 28.0 Å². The Morgan fingerprint density at radius 3 is 2.48 bits per heavy atom. The number of carbonyl (C=O) groups excluding carboxylic acids is 2. The molecule has 0 saturated heterocycles. The van der Waals surface area contributed by atoms with E-state index in [1.165, 1.54) is 12.1 Å². The quantitative estimate of drug-likeness (QED) is 0.551. The lowest BCUT2D eigenvalue weighted by molar-refractivity contribution is -0.119. The molecule has 0 aromatic heterocycles. The Bertz CT molecular complexity index is 827. The Morgan fingerprint density at radius 1 is 1.08 bits per heavy atom. The third-order valence-corrected chi connectivity index (χ3v) is 4.08. The van der Waals surface area contributed by atoms with E-state index >= 15 is 0 Å². The van der Waals surface area contributed by atoms with Crippen LogP contribution in [-0.4, -0.2) is 16.9 Å². The molecule has 0 unspecified atom stereocenters. The number of halogens is 2. The summed E-state index contributed by atoms with van der Waals surface area (Å²) in [5, 5.41) is 3.12. The van der Waals surface area contributed by atoms with Gasteiger partial charge in [-0.25, -0.2) is 0 Å². The molecule has 0 aliphatic rings. The third kappa shape index (κ3) is 5.70. The van der Waals surface area contributed by atoms with Gasteiger partial charge in [-0.3, -0.25) is 20.4 Å². The summed E-state index contributed by atoms with van der Waals surface area (Å²) in [6.07, 6.45) is 0.186. The Hall–Kier alpha value is -2.15. The molecule has 0 fully saturated rings. The molecule has 3 N–H and O–H groups in total. The molecular formula is C17H15Cl2N3O2S. The van der Waals surface area contributed by atoms with Crippen LogP contribution in [0.25, 0.3) is 0 Å². The van der Waals surface area contributed by atoms with Crippen LogP contribution in [-0.2, 0) is 11.2 Å². The molecule has 0 bridgehead atoms. The van der Waals surface area contributed by atoms with Gasteiger partial charge in [0, 0.05) is 5.02 Å². The minimum atomic E-state index is -0.503. The van der Waals surface area contributed by atoms with E-state index in [4.69, 9.17) is 35.4 Å². The molecular weight excluding hydrogens is 381 g/mol. The first-order chi connectivity index (χ1) is 11.9. The average Bonchev–Trinajstić information content (AvgIpc) is 2.54. The molecule has 0 aliphatic heterocycles. The second-order valence-corrected chi connectivity index (χ2v) is 6.44. The number of hydrazine groups is 1. The van der Waals surface area contributed by atoms with Crippen molar-refractivity contribution in [3.63, 3.8) is 0 Å². The topological polar surface area (TPSA) is 70.2 Å². The summed E-state index contributed by atoms with van der Waals surface area (Å²) >= 11 is 16.7. The molecule has 130 valence electrons. The van der Waals surface area contributed by atoms with Gasteiger partial charge < -0.3 is 5.32 Å². The van der Waals surface area contributed by atoms with E-state index in [2.05, 4.69) is 16.2 Å². The van der Waals surface area contributed by atoms with Crippen molar-refractivity contribution < 1.29 is 9.59 Å². The first kappa shape index (κ1) is 19.2. The molecule has 2 rings (SSSR count). The number of thiocarbonyl (C=S) groups is 1. The number of carbonyl (C=O) groups is 2. The lowest BCUT2D eigenvalue weighted by atomic mass is 10.1. The Labute approximate surface area is 160 Å². The highest BCUT2D eigenvalue weighted by Crippen LogP contribution is 2.20. The fourth-order valence-corrected chi connectivity index (χ4v) is 2.70. The maximum Gasteiger partial charge on any atom is 0.271 e. The van der Waals surface area contributed by atoms with Crippen molar-refractivity contribution in [1.29, 1.82) is 0 Å². The monoisotopic (exact) mass is 395 g/mol. The van der Waals surface area contributed by atoms with Gasteiger partial charge in [-0.1, -0.05) is 47.5 Å². The summed E-state index contributed by atoms with van der Waals surface area (Å²) in [7, 11) is 0. The van der Waals surface area contributed by atoms with Crippen LogP contribution in [0.2, 0.25) is 10.0 Å². The zero-order chi connectivity index (χ0) is 18.4. The maximum absolute atomic E-state index is 12.0. The van der Waals surface area contributed by atoms with Crippen LogP contribution in [0.4, 0.5) is 0 Å². The van der Waals surface area contributed by atoms with E-state index in [9.17, 15) is 9.59 Å². The van der Waals surface area contributed by atoms with Crippen molar-refractivity contribution >= 4 is 52.3 Å². The van der Waals surface area contributed by atoms with Gasteiger partial charge in [0.25, 0.3) is 5.91 Å². The van der Waals surface area contributed by atoms with Gasteiger partial charge in [0.1, 0.15) is 0 Å². The molecule has 2 amide bonds. The van der Waals surface area contributed by atoms with E-state index in [1.807, 2.05) is 31.2 Å². The van der Waals surface area contributed by atoms with Crippen LogP contribution in [0.15, 0.2) is 42.5 Å². The standard InChI is InChI=1S/C17H15Cl2N3O2S/c1-10-4-2-3-5-11(10)8-15(23)20-17(25)22-21-16(24)13-7-6-12(18)9-14(13)19/h2-7,9H,8H2,1H3,(H,21,24)(H2,20,22,23,25). The van der Waals surface area contributed by atoms with Crippen molar-refractivity contribution in [1.82, 2.24) is 16.2 Å². The second-order valence-electron chi connectivity index (χ2n) is 5.18. The molecule has 0 heterocycles. The normalized spacial score (nSPS) is 10.0. The van der Waals surface area contributed by atoms with E-state index in [0.717, 1.165) is 11.1 Å². The van der Waals surface area contributed by atoms with Crippen molar-refractivity contribution in [3.8, 4) is 0 Å². The molecule has 0 atom stereocenters. The van der Waals surface area contributed by atoms with E-state index in [0.29, 0.717) is 5.02 Å². The van der Waals surface area contributed by atoms with Crippen LogP contribution < -0.4 is 16.2 Å². The molecule has 0 spiro atoms. The smallest absolute Gasteiger partial charge is 0.271 e. The third-order valence-electron chi connectivity index (χ3n) is 3.33. The molecule has 0 aliphatic carbocycles. The van der Waals surface area contributed by atoms with Crippen LogP contribution in [0.3, 0.4) is 0 Å². The summed E-state index contributed by atoms with van der Waals surface area (Å²) < 4.78 is 0. The SMILES string of the molecule is Cc1ccccc1CC(=O)NC(=S)NNC(=O)c1ccc(Cl)cc1Cl. The van der Waals surface area contributed by atoms with Gasteiger partial charge in [-0.2, -0.15) is 0 Å². The van der Waals surface area contributed by atoms with Gasteiger partial charge in [0.15, 0.2) is 5.11 Å².